The summed E-state index contributed by atoms with van der Waals surface area (Å²) < 4.78 is 10.2. The summed E-state index contributed by atoms with van der Waals surface area (Å²) in [5.74, 6) is -0.303. The number of hydrogen-bond acceptors (Lipinski definition) is 5. The first-order chi connectivity index (χ1) is 12.8. The second kappa shape index (κ2) is 9.45. The Morgan fingerprint density at radius 2 is 1.78 bits per heavy atom. The van der Waals surface area contributed by atoms with Crippen molar-refractivity contribution in [1.29, 1.82) is 0 Å². The van der Waals surface area contributed by atoms with Gasteiger partial charge in [0.2, 0.25) is 11.8 Å². The van der Waals surface area contributed by atoms with E-state index in [1.54, 1.807) is 28.9 Å². The molecular formula is C18H24ClN3O5. The quantitative estimate of drug-likeness (QED) is 0.770. The molecule has 0 unspecified atom stereocenters. The van der Waals surface area contributed by atoms with Gasteiger partial charge in [0, 0.05) is 37.3 Å². The lowest BCUT2D eigenvalue weighted by molar-refractivity contribution is -0.135. The van der Waals surface area contributed by atoms with Crippen molar-refractivity contribution in [2.75, 3.05) is 45.2 Å². The van der Waals surface area contributed by atoms with Crippen LogP contribution in [0.5, 0.6) is 5.75 Å². The molecule has 0 atom stereocenters. The standard InChI is InChI=1S/C18H24ClN3O5/c1-4-27-18(25)22-7-5-21(6-8-22)17(24)11-16(23)20-14-9-12(2)13(19)10-15(14)26-3/h9-10H,4-8,11H2,1-3H3,(H,20,23). The number of hydrogen-bond donors (Lipinski definition) is 1. The van der Waals surface area contributed by atoms with Gasteiger partial charge in [0.1, 0.15) is 12.2 Å². The van der Waals surface area contributed by atoms with Crippen molar-refractivity contribution in [1.82, 2.24) is 9.80 Å². The van der Waals surface area contributed by atoms with Crippen molar-refractivity contribution < 1.29 is 23.9 Å². The van der Waals surface area contributed by atoms with E-state index in [4.69, 9.17) is 21.1 Å². The molecule has 1 heterocycles. The highest BCUT2D eigenvalue weighted by atomic mass is 35.5. The van der Waals surface area contributed by atoms with Gasteiger partial charge < -0.3 is 24.6 Å². The van der Waals surface area contributed by atoms with E-state index in [-0.39, 0.29) is 18.4 Å². The maximum absolute atomic E-state index is 12.4. The molecule has 1 aliphatic heterocycles. The Labute approximate surface area is 163 Å². The third-order valence-electron chi connectivity index (χ3n) is 4.23. The maximum Gasteiger partial charge on any atom is 0.409 e. The Balaban J connectivity index is 1.89. The van der Waals surface area contributed by atoms with Crippen LogP contribution in [0.1, 0.15) is 18.9 Å². The van der Waals surface area contributed by atoms with Gasteiger partial charge in [0.15, 0.2) is 0 Å². The van der Waals surface area contributed by atoms with Crippen LogP contribution < -0.4 is 10.1 Å². The number of anilines is 1. The number of rotatable bonds is 5. The first-order valence-corrected chi connectivity index (χ1v) is 9.07. The Bertz CT molecular complexity index is 717. The van der Waals surface area contributed by atoms with Crippen LogP contribution in [-0.4, -0.2) is 67.6 Å². The van der Waals surface area contributed by atoms with Gasteiger partial charge >= 0.3 is 6.09 Å². The Hall–Kier alpha value is -2.48. The van der Waals surface area contributed by atoms with Gasteiger partial charge in [-0.1, -0.05) is 11.6 Å². The average Bonchev–Trinajstić information content (AvgIpc) is 2.64. The van der Waals surface area contributed by atoms with E-state index in [0.717, 1.165) is 5.56 Å². The highest BCUT2D eigenvalue weighted by molar-refractivity contribution is 6.31. The van der Waals surface area contributed by atoms with Crippen molar-refractivity contribution in [2.24, 2.45) is 0 Å². The lowest BCUT2D eigenvalue weighted by Crippen LogP contribution is -2.51. The van der Waals surface area contributed by atoms with Crippen LogP contribution in [0.3, 0.4) is 0 Å². The van der Waals surface area contributed by atoms with Gasteiger partial charge in [-0.3, -0.25) is 9.59 Å². The fourth-order valence-electron chi connectivity index (χ4n) is 2.73. The lowest BCUT2D eigenvalue weighted by atomic mass is 10.2. The number of benzene rings is 1. The molecule has 0 aliphatic carbocycles. The molecule has 1 N–H and O–H groups in total. The predicted molar refractivity (Wildman–Crippen MR) is 101 cm³/mol. The normalized spacial score (nSPS) is 13.9. The van der Waals surface area contributed by atoms with Crippen LogP contribution >= 0.6 is 11.6 Å². The number of aryl methyl sites for hydroxylation is 1. The minimum atomic E-state index is -0.437. The molecule has 27 heavy (non-hydrogen) atoms. The molecule has 0 radical (unpaired) electrons. The van der Waals surface area contributed by atoms with Crippen LogP contribution in [0, 0.1) is 6.92 Å². The van der Waals surface area contributed by atoms with Crippen molar-refractivity contribution in [3.05, 3.63) is 22.7 Å². The molecule has 1 aliphatic rings. The fraction of sp³-hybridized carbons (Fsp3) is 0.500. The number of carbonyl (C=O) groups excluding carboxylic acids is 3. The summed E-state index contributed by atoms with van der Waals surface area (Å²) >= 11 is 6.05. The van der Waals surface area contributed by atoms with Crippen molar-refractivity contribution in [3.63, 3.8) is 0 Å². The third-order valence-corrected chi connectivity index (χ3v) is 4.63. The molecule has 0 aromatic heterocycles. The van der Waals surface area contributed by atoms with Crippen molar-refractivity contribution in [2.45, 2.75) is 20.3 Å². The predicted octanol–water partition coefficient (Wildman–Crippen LogP) is 2.29. The van der Waals surface area contributed by atoms with Crippen molar-refractivity contribution >= 4 is 35.2 Å². The average molecular weight is 398 g/mol. The lowest BCUT2D eigenvalue weighted by Gasteiger charge is -2.34. The van der Waals surface area contributed by atoms with Crippen LogP contribution in [0.25, 0.3) is 0 Å². The van der Waals surface area contributed by atoms with Crippen LogP contribution in [0.2, 0.25) is 5.02 Å². The fourth-order valence-corrected chi connectivity index (χ4v) is 2.88. The van der Waals surface area contributed by atoms with Gasteiger partial charge in [-0.25, -0.2) is 4.79 Å². The van der Waals surface area contributed by atoms with E-state index in [1.165, 1.54) is 7.11 Å². The van der Waals surface area contributed by atoms with Gasteiger partial charge in [0.25, 0.3) is 0 Å². The number of nitrogens with zero attached hydrogens (tertiary/aromatic N) is 2. The molecular weight excluding hydrogens is 374 g/mol. The molecule has 0 spiro atoms. The van der Waals surface area contributed by atoms with E-state index < -0.39 is 5.91 Å². The van der Waals surface area contributed by atoms with Crippen LogP contribution in [0.4, 0.5) is 10.5 Å². The molecule has 2 rings (SSSR count). The molecule has 9 heteroatoms. The largest absolute Gasteiger partial charge is 0.495 e. The highest BCUT2D eigenvalue weighted by Gasteiger charge is 2.26. The highest BCUT2D eigenvalue weighted by Crippen LogP contribution is 2.31. The number of nitrogens with one attached hydrogen (secondary N) is 1. The molecule has 1 fully saturated rings. The first kappa shape index (κ1) is 20.8. The monoisotopic (exact) mass is 397 g/mol. The molecule has 1 aromatic rings. The van der Waals surface area contributed by atoms with E-state index in [1.807, 2.05) is 6.92 Å². The summed E-state index contributed by atoms with van der Waals surface area (Å²) in [6.07, 6.45) is -0.669. The van der Waals surface area contributed by atoms with Gasteiger partial charge in [0.05, 0.1) is 19.4 Å². The molecule has 1 saturated heterocycles. The van der Waals surface area contributed by atoms with E-state index in [2.05, 4.69) is 5.32 Å². The van der Waals surface area contributed by atoms with E-state index >= 15 is 0 Å². The van der Waals surface area contributed by atoms with E-state index in [9.17, 15) is 14.4 Å². The molecule has 0 saturated carbocycles. The zero-order valence-corrected chi connectivity index (χ0v) is 16.5. The number of halogens is 1. The Kier molecular flexibility index (Phi) is 7.29. The van der Waals surface area contributed by atoms with Crippen LogP contribution in [0.15, 0.2) is 12.1 Å². The Morgan fingerprint density at radius 1 is 1.15 bits per heavy atom. The Morgan fingerprint density at radius 3 is 2.37 bits per heavy atom. The summed E-state index contributed by atoms with van der Waals surface area (Å²) in [5, 5.41) is 3.22. The van der Waals surface area contributed by atoms with Crippen LogP contribution in [-0.2, 0) is 14.3 Å². The second-order valence-electron chi connectivity index (χ2n) is 6.09. The van der Waals surface area contributed by atoms with Crippen molar-refractivity contribution in [3.8, 4) is 5.75 Å². The molecule has 8 nitrogen and oxygen atoms in total. The zero-order valence-electron chi connectivity index (χ0n) is 15.7. The summed E-state index contributed by atoms with van der Waals surface area (Å²) in [7, 11) is 1.48. The molecule has 148 valence electrons. The summed E-state index contributed by atoms with van der Waals surface area (Å²) in [4.78, 5) is 39.4. The third kappa shape index (κ3) is 5.50. The SMILES string of the molecule is CCOC(=O)N1CCN(C(=O)CC(=O)Nc2cc(C)c(Cl)cc2OC)CC1. The number of methoxy groups -OCH3 is 1. The topological polar surface area (TPSA) is 88.2 Å². The molecule has 3 amide bonds. The summed E-state index contributed by atoms with van der Waals surface area (Å²) in [5.41, 5.74) is 1.25. The second-order valence-corrected chi connectivity index (χ2v) is 6.50. The minimum Gasteiger partial charge on any atom is -0.495 e. The molecule has 0 bridgehead atoms. The number of ether oxygens (including phenoxy) is 2. The van der Waals surface area contributed by atoms with Gasteiger partial charge in [-0.05, 0) is 25.5 Å². The van der Waals surface area contributed by atoms with Gasteiger partial charge in [-0.15, -0.1) is 0 Å². The minimum absolute atomic E-state index is 0.287. The smallest absolute Gasteiger partial charge is 0.409 e. The number of amides is 3. The summed E-state index contributed by atoms with van der Waals surface area (Å²) in [6.45, 7) is 5.38. The van der Waals surface area contributed by atoms with Gasteiger partial charge in [-0.2, -0.15) is 0 Å². The zero-order chi connectivity index (χ0) is 20.0. The van der Waals surface area contributed by atoms with E-state index in [0.29, 0.717) is 49.2 Å². The number of piperazine rings is 1. The number of carbonyl (C=O) groups is 3. The first-order valence-electron chi connectivity index (χ1n) is 8.69. The maximum atomic E-state index is 12.4. The summed E-state index contributed by atoms with van der Waals surface area (Å²) in [6, 6.07) is 3.31. The molecule has 1 aromatic carbocycles.